The number of hydrogen-bond donors (Lipinski definition) is 1. The van der Waals surface area contributed by atoms with Gasteiger partial charge < -0.3 is 0 Å². The molecule has 0 fully saturated rings. The Kier molecular flexibility index (Phi) is 2.14. The molecule has 1 rings (SSSR count). The van der Waals surface area contributed by atoms with E-state index in [1.165, 1.54) is 13.0 Å². The highest BCUT2D eigenvalue weighted by Gasteiger charge is 2.40. The summed E-state index contributed by atoms with van der Waals surface area (Å²) in [4.78, 5) is 0. The minimum Gasteiger partial charge on any atom is -0.285 e. The van der Waals surface area contributed by atoms with Crippen LogP contribution in [-0.4, -0.2) is 17.7 Å². The third-order valence-corrected chi connectivity index (χ3v) is 4.02. The summed E-state index contributed by atoms with van der Waals surface area (Å²) in [5.74, 6) is -0.197. The second-order valence-corrected chi connectivity index (χ2v) is 5.02. The molecule has 68 valence electrons. The standard InChI is InChI=1S/C8H12O3S/c1-7-5-3-4-6-8(7,2)12(9,10)11/h3-7H,1-2H3,(H,9,10,11)/t7-,8-/m1/s1. The topological polar surface area (TPSA) is 54.4 Å². The summed E-state index contributed by atoms with van der Waals surface area (Å²) in [5.41, 5.74) is 0. The molecule has 0 saturated carbocycles. The molecule has 0 bridgehead atoms. The lowest BCUT2D eigenvalue weighted by Crippen LogP contribution is -2.39. The molecular formula is C8H12O3S. The van der Waals surface area contributed by atoms with Gasteiger partial charge in [-0.1, -0.05) is 31.2 Å². The summed E-state index contributed by atoms with van der Waals surface area (Å²) in [5, 5.41) is 0. The minimum atomic E-state index is -4.01. The van der Waals surface area contributed by atoms with Crippen molar-refractivity contribution in [1.82, 2.24) is 0 Å². The molecule has 0 radical (unpaired) electrons. The zero-order valence-corrected chi connectivity index (χ0v) is 7.88. The largest absolute Gasteiger partial charge is 0.285 e. The van der Waals surface area contributed by atoms with E-state index in [9.17, 15) is 8.42 Å². The molecule has 0 aromatic rings. The number of hydrogen-bond acceptors (Lipinski definition) is 2. The van der Waals surface area contributed by atoms with E-state index in [1.807, 2.05) is 0 Å². The maximum absolute atomic E-state index is 11.0. The van der Waals surface area contributed by atoms with Crippen molar-refractivity contribution in [2.45, 2.75) is 18.6 Å². The van der Waals surface area contributed by atoms with Crippen LogP contribution in [0.3, 0.4) is 0 Å². The van der Waals surface area contributed by atoms with E-state index >= 15 is 0 Å². The van der Waals surface area contributed by atoms with Gasteiger partial charge in [-0.15, -0.1) is 0 Å². The zero-order valence-electron chi connectivity index (χ0n) is 7.06. The maximum Gasteiger partial charge on any atom is 0.274 e. The Bertz CT molecular complexity index is 326. The molecule has 0 spiro atoms. The van der Waals surface area contributed by atoms with Crippen LogP contribution < -0.4 is 0 Å². The maximum atomic E-state index is 11.0. The summed E-state index contributed by atoms with van der Waals surface area (Å²) in [6.07, 6.45) is 6.67. The Morgan fingerprint density at radius 2 is 2.00 bits per heavy atom. The van der Waals surface area contributed by atoms with E-state index in [0.29, 0.717) is 0 Å². The van der Waals surface area contributed by atoms with Crippen LogP contribution >= 0.6 is 0 Å². The minimum absolute atomic E-state index is 0.197. The van der Waals surface area contributed by atoms with Crippen LogP contribution in [0.15, 0.2) is 24.3 Å². The van der Waals surface area contributed by atoms with Gasteiger partial charge in [0.2, 0.25) is 0 Å². The fourth-order valence-electron chi connectivity index (χ4n) is 1.14. The van der Waals surface area contributed by atoms with E-state index in [1.54, 1.807) is 25.2 Å². The van der Waals surface area contributed by atoms with E-state index in [-0.39, 0.29) is 5.92 Å². The second-order valence-electron chi connectivity index (χ2n) is 3.19. The smallest absolute Gasteiger partial charge is 0.274 e. The van der Waals surface area contributed by atoms with Crippen LogP contribution in [0, 0.1) is 5.92 Å². The molecule has 4 heteroatoms. The lowest BCUT2D eigenvalue weighted by atomic mass is 9.91. The molecule has 0 amide bonds. The van der Waals surface area contributed by atoms with Gasteiger partial charge in [0.25, 0.3) is 10.1 Å². The molecule has 0 aromatic carbocycles. The Morgan fingerprint density at radius 1 is 1.42 bits per heavy atom. The molecule has 0 unspecified atom stereocenters. The first-order chi connectivity index (χ1) is 5.38. The molecule has 12 heavy (non-hydrogen) atoms. The molecule has 1 aliphatic rings. The number of allylic oxidation sites excluding steroid dienone is 3. The van der Waals surface area contributed by atoms with Gasteiger partial charge in [0.1, 0.15) is 4.75 Å². The summed E-state index contributed by atoms with van der Waals surface area (Å²) in [7, 11) is -4.01. The lowest BCUT2D eigenvalue weighted by Gasteiger charge is -2.29. The van der Waals surface area contributed by atoms with E-state index in [2.05, 4.69) is 0 Å². The third kappa shape index (κ3) is 1.32. The van der Waals surface area contributed by atoms with Gasteiger partial charge in [0, 0.05) is 0 Å². The normalized spacial score (nSPS) is 35.4. The summed E-state index contributed by atoms with van der Waals surface area (Å²) >= 11 is 0. The van der Waals surface area contributed by atoms with Gasteiger partial charge in [-0.25, -0.2) is 0 Å². The Morgan fingerprint density at radius 3 is 2.33 bits per heavy atom. The van der Waals surface area contributed by atoms with Crippen LogP contribution in [0.1, 0.15) is 13.8 Å². The van der Waals surface area contributed by atoms with Gasteiger partial charge in [-0.3, -0.25) is 4.55 Å². The van der Waals surface area contributed by atoms with Gasteiger partial charge in [0.15, 0.2) is 0 Å². The number of rotatable bonds is 1. The molecule has 0 saturated heterocycles. The van der Waals surface area contributed by atoms with Crippen LogP contribution in [0.5, 0.6) is 0 Å². The van der Waals surface area contributed by atoms with Crippen molar-refractivity contribution >= 4 is 10.1 Å². The van der Waals surface area contributed by atoms with Gasteiger partial charge >= 0.3 is 0 Å². The predicted octanol–water partition coefficient (Wildman–Crippen LogP) is 1.40. The van der Waals surface area contributed by atoms with Crippen LogP contribution in [-0.2, 0) is 10.1 Å². The predicted molar refractivity (Wildman–Crippen MR) is 47.4 cm³/mol. The molecular weight excluding hydrogens is 176 g/mol. The van der Waals surface area contributed by atoms with Crippen molar-refractivity contribution in [3.63, 3.8) is 0 Å². The zero-order chi connectivity index (χ0) is 9.41. The second kappa shape index (κ2) is 2.71. The lowest BCUT2D eigenvalue weighted by molar-refractivity contribution is 0.426. The fourth-order valence-corrected chi connectivity index (χ4v) is 1.94. The average molecular weight is 188 g/mol. The molecule has 0 heterocycles. The first-order valence-electron chi connectivity index (χ1n) is 3.71. The third-order valence-electron chi connectivity index (χ3n) is 2.40. The van der Waals surface area contributed by atoms with Crippen molar-refractivity contribution in [2.75, 3.05) is 0 Å². The van der Waals surface area contributed by atoms with Crippen LogP contribution in [0.2, 0.25) is 0 Å². The van der Waals surface area contributed by atoms with Crippen molar-refractivity contribution < 1.29 is 13.0 Å². The Balaban J connectivity index is 3.16. The molecule has 0 aromatic heterocycles. The van der Waals surface area contributed by atoms with Crippen molar-refractivity contribution in [2.24, 2.45) is 5.92 Å². The first kappa shape index (κ1) is 9.48. The van der Waals surface area contributed by atoms with E-state index in [4.69, 9.17) is 4.55 Å². The molecule has 0 aliphatic heterocycles. The molecule has 1 N–H and O–H groups in total. The Hall–Kier alpha value is -0.610. The summed E-state index contributed by atoms with van der Waals surface area (Å²) in [6, 6.07) is 0. The summed E-state index contributed by atoms with van der Waals surface area (Å²) in [6.45, 7) is 3.26. The average Bonchev–Trinajstić information content (AvgIpc) is 1.93. The summed E-state index contributed by atoms with van der Waals surface area (Å²) < 4.78 is 29.8. The fraction of sp³-hybridized carbons (Fsp3) is 0.500. The highest BCUT2D eigenvalue weighted by Crippen LogP contribution is 2.30. The first-order valence-corrected chi connectivity index (χ1v) is 5.15. The molecule has 1 aliphatic carbocycles. The van der Waals surface area contributed by atoms with Gasteiger partial charge in [-0.05, 0) is 12.8 Å². The van der Waals surface area contributed by atoms with Crippen molar-refractivity contribution in [1.29, 1.82) is 0 Å². The van der Waals surface area contributed by atoms with Gasteiger partial charge in [0.05, 0.1) is 0 Å². The molecule has 3 nitrogen and oxygen atoms in total. The van der Waals surface area contributed by atoms with E-state index < -0.39 is 14.9 Å². The quantitative estimate of drug-likeness (QED) is 0.633. The SMILES string of the molecule is C[C@@H]1C=CC=C[C@@]1(C)S(=O)(=O)O. The van der Waals surface area contributed by atoms with Crippen molar-refractivity contribution in [3.05, 3.63) is 24.3 Å². The molecule has 2 atom stereocenters. The monoisotopic (exact) mass is 188 g/mol. The highest BCUT2D eigenvalue weighted by molar-refractivity contribution is 7.87. The van der Waals surface area contributed by atoms with Gasteiger partial charge in [-0.2, -0.15) is 8.42 Å². The van der Waals surface area contributed by atoms with E-state index in [0.717, 1.165) is 0 Å². The van der Waals surface area contributed by atoms with Crippen LogP contribution in [0.25, 0.3) is 0 Å². The Labute approximate surface area is 72.5 Å². The van der Waals surface area contributed by atoms with Crippen molar-refractivity contribution in [3.8, 4) is 0 Å². The highest BCUT2D eigenvalue weighted by atomic mass is 32.2. The van der Waals surface area contributed by atoms with Crippen LogP contribution in [0.4, 0.5) is 0 Å².